The molecule has 5 heteroatoms. The van der Waals surface area contributed by atoms with Crippen LogP contribution in [0.2, 0.25) is 0 Å². The lowest BCUT2D eigenvalue weighted by molar-refractivity contribution is 0.477. The molecule has 1 fully saturated rings. The summed E-state index contributed by atoms with van der Waals surface area (Å²) in [4.78, 5) is 0.343. The van der Waals surface area contributed by atoms with Gasteiger partial charge in [-0.2, -0.15) is 4.31 Å². The van der Waals surface area contributed by atoms with E-state index < -0.39 is 10.0 Å². The Bertz CT molecular complexity index is 778. The van der Waals surface area contributed by atoms with Crippen molar-refractivity contribution in [3.05, 3.63) is 66.7 Å². The van der Waals surface area contributed by atoms with Gasteiger partial charge in [-0.1, -0.05) is 36.9 Å². The highest BCUT2D eigenvalue weighted by Gasteiger charge is 2.26. The maximum absolute atomic E-state index is 12.5. The molecule has 1 saturated heterocycles. The fourth-order valence-electron chi connectivity index (χ4n) is 2.67. The molecule has 3 rings (SSSR count). The highest BCUT2D eigenvalue weighted by atomic mass is 32.2. The second-order valence-electron chi connectivity index (χ2n) is 5.61. The van der Waals surface area contributed by atoms with E-state index in [1.54, 1.807) is 28.6 Å². The average molecular weight is 328 g/mol. The summed E-state index contributed by atoms with van der Waals surface area (Å²) < 4.78 is 26.5. The van der Waals surface area contributed by atoms with E-state index in [4.69, 9.17) is 0 Å². The van der Waals surface area contributed by atoms with Crippen LogP contribution in [0, 0.1) is 0 Å². The Labute approximate surface area is 137 Å². The highest BCUT2D eigenvalue weighted by Crippen LogP contribution is 2.23. The van der Waals surface area contributed by atoms with Gasteiger partial charge in [0.15, 0.2) is 0 Å². The molecule has 4 nitrogen and oxygen atoms in total. The van der Waals surface area contributed by atoms with Crippen molar-refractivity contribution in [3.63, 3.8) is 0 Å². The first-order valence-electron chi connectivity index (χ1n) is 7.69. The predicted molar refractivity (Wildman–Crippen MR) is 93.5 cm³/mol. The highest BCUT2D eigenvalue weighted by molar-refractivity contribution is 7.89. The van der Waals surface area contributed by atoms with Gasteiger partial charge in [-0.05, 0) is 42.7 Å². The number of hydrogen-bond donors (Lipinski definition) is 1. The van der Waals surface area contributed by atoms with Gasteiger partial charge in [0, 0.05) is 24.5 Å². The van der Waals surface area contributed by atoms with Crippen LogP contribution in [-0.2, 0) is 10.0 Å². The SMILES string of the molecule is C=C(Nc1ccc(S(=O)(=O)N2CCCC2)cc1)c1ccccc1. The summed E-state index contributed by atoms with van der Waals surface area (Å²) in [6, 6.07) is 16.6. The van der Waals surface area contributed by atoms with Gasteiger partial charge in [0.2, 0.25) is 10.0 Å². The molecule has 0 saturated carbocycles. The molecule has 120 valence electrons. The zero-order chi connectivity index (χ0) is 16.3. The van der Waals surface area contributed by atoms with Crippen LogP contribution in [0.3, 0.4) is 0 Å². The first-order valence-corrected chi connectivity index (χ1v) is 9.13. The quantitative estimate of drug-likeness (QED) is 0.913. The minimum atomic E-state index is -3.35. The molecule has 0 radical (unpaired) electrons. The fraction of sp³-hybridized carbons (Fsp3) is 0.222. The zero-order valence-corrected chi connectivity index (χ0v) is 13.7. The van der Waals surface area contributed by atoms with E-state index in [1.807, 2.05) is 30.3 Å². The van der Waals surface area contributed by atoms with Crippen LogP contribution in [-0.4, -0.2) is 25.8 Å². The second-order valence-corrected chi connectivity index (χ2v) is 7.54. The Morgan fingerprint density at radius 3 is 2.17 bits per heavy atom. The molecule has 0 bridgehead atoms. The van der Waals surface area contributed by atoms with Gasteiger partial charge in [-0.25, -0.2) is 8.42 Å². The van der Waals surface area contributed by atoms with Crippen molar-refractivity contribution in [2.24, 2.45) is 0 Å². The van der Waals surface area contributed by atoms with E-state index in [-0.39, 0.29) is 0 Å². The smallest absolute Gasteiger partial charge is 0.243 e. The minimum absolute atomic E-state index is 0.343. The van der Waals surface area contributed by atoms with Gasteiger partial charge in [-0.15, -0.1) is 0 Å². The molecule has 1 aliphatic rings. The average Bonchev–Trinajstić information content (AvgIpc) is 3.11. The van der Waals surface area contributed by atoms with E-state index in [2.05, 4.69) is 11.9 Å². The maximum atomic E-state index is 12.5. The van der Waals surface area contributed by atoms with Crippen molar-refractivity contribution in [2.75, 3.05) is 18.4 Å². The summed E-state index contributed by atoms with van der Waals surface area (Å²) in [7, 11) is -3.35. The van der Waals surface area contributed by atoms with Gasteiger partial charge in [0.05, 0.1) is 4.90 Å². The number of nitrogens with one attached hydrogen (secondary N) is 1. The van der Waals surface area contributed by atoms with Gasteiger partial charge >= 0.3 is 0 Å². The lowest BCUT2D eigenvalue weighted by Gasteiger charge is -2.16. The third kappa shape index (κ3) is 3.46. The molecule has 0 aliphatic carbocycles. The molecular weight excluding hydrogens is 308 g/mol. The normalized spacial score (nSPS) is 15.5. The molecule has 1 N–H and O–H groups in total. The van der Waals surface area contributed by atoms with Crippen molar-refractivity contribution < 1.29 is 8.42 Å². The van der Waals surface area contributed by atoms with Crippen LogP contribution in [0.4, 0.5) is 5.69 Å². The van der Waals surface area contributed by atoms with Gasteiger partial charge < -0.3 is 5.32 Å². The molecule has 0 aromatic heterocycles. The zero-order valence-electron chi connectivity index (χ0n) is 12.9. The molecule has 1 aliphatic heterocycles. The van der Waals surface area contributed by atoms with Crippen molar-refractivity contribution in [2.45, 2.75) is 17.7 Å². The van der Waals surface area contributed by atoms with Crippen LogP contribution < -0.4 is 5.32 Å². The van der Waals surface area contributed by atoms with E-state index >= 15 is 0 Å². The monoisotopic (exact) mass is 328 g/mol. The van der Waals surface area contributed by atoms with Crippen molar-refractivity contribution >= 4 is 21.4 Å². The summed E-state index contributed by atoms with van der Waals surface area (Å²) in [6.45, 7) is 5.25. The fourth-order valence-corrected chi connectivity index (χ4v) is 4.19. The third-order valence-corrected chi connectivity index (χ3v) is 5.89. The molecular formula is C18H20N2O2S. The summed E-state index contributed by atoms with van der Waals surface area (Å²) in [5.74, 6) is 0. The summed E-state index contributed by atoms with van der Waals surface area (Å²) in [5.41, 5.74) is 2.60. The van der Waals surface area contributed by atoms with Crippen molar-refractivity contribution in [1.29, 1.82) is 0 Å². The Morgan fingerprint density at radius 2 is 1.57 bits per heavy atom. The van der Waals surface area contributed by atoms with Gasteiger partial charge in [0.25, 0.3) is 0 Å². The predicted octanol–water partition coefficient (Wildman–Crippen LogP) is 3.55. The molecule has 23 heavy (non-hydrogen) atoms. The lowest BCUT2D eigenvalue weighted by atomic mass is 10.1. The number of sulfonamides is 1. The van der Waals surface area contributed by atoms with E-state index in [0.717, 1.165) is 29.8 Å². The molecule has 0 spiro atoms. The van der Waals surface area contributed by atoms with Crippen LogP contribution in [0.25, 0.3) is 5.70 Å². The van der Waals surface area contributed by atoms with E-state index in [9.17, 15) is 8.42 Å². The molecule has 1 heterocycles. The first-order chi connectivity index (χ1) is 11.1. The third-order valence-electron chi connectivity index (χ3n) is 3.97. The Hall–Kier alpha value is -2.11. The first kappa shape index (κ1) is 15.8. The number of nitrogens with zero attached hydrogens (tertiary/aromatic N) is 1. The largest absolute Gasteiger partial charge is 0.356 e. The van der Waals surface area contributed by atoms with Crippen molar-refractivity contribution in [1.82, 2.24) is 4.31 Å². The van der Waals surface area contributed by atoms with Crippen LogP contribution in [0.5, 0.6) is 0 Å². The number of rotatable bonds is 5. The van der Waals surface area contributed by atoms with E-state index in [1.165, 1.54) is 0 Å². The Morgan fingerprint density at radius 1 is 0.957 bits per heavy atom. The molecule has 2 aromatic rings. The summed E-state index contributed by atoms with van der Waals surface area (Å²) in [6.07, 6.45) is 1.88. The van der Waals surface area contributed by atoms with Crippen LogP contribution >= 0.6 is 0 Å². The number of hydrogen-bond acceptors (Lipinski definition) is 3. The minimum Gasteiger partial charge on any atom is -0.356 e. The molecule has 0 atom stereocenters. The van der Waals surface area contributed by atoms with E-state index in [0.29, 0.717) is 18.0 Å². The Kier molecular flexibility index (Phi) is 4.50. The second kappa shape index (κ2) is 6.56. The maximum Gasteiger partial charge on any atom is 0.243 e. The van der Waals surface area contributed by atoms with Crippen molar-refractivity contribution in [3.8, 4) is 0 Å². The standard InChI is InChI=1S/C18H20N2O2S/c1-15(16-7-3-2-4-8-16)19-17-9-11-18(12-10-17)23(21,22)20-13-5-6-14-20/h2-4,7-12,19H,1,5-6,13-14H2. The van der Waals surface area contributed by atoms with Crippen LogP contribution in [0.1, 0.15) is 18.4 Å². The van der Waals surface area contributed by atoms with Gasteiger partial charge in [-0.3, -0.25) is 0 Å². The molecule has 2 aromatic carbocycles. The van der Waals surface area contributed by atoms with Crippen LogP contribution in [0.15, 0.2) is 66.1 Å². The Balaban J connectivity index is 1.73. The number of anilines is 1. The molecule has 0 amide bonds. The summed E-state index contributed by atoms with van der Waals surface area (Å²) in [5, 5.41) is 3.20. The lowest BCUT2D eigenvalue weighted by Crippen LogP contribution is -2.27. The summed E-state index contributed by atoms with van der Waals surface area (Å²) >= 11 is 0. The van der Waals surface area contributed by atoms with Gasteiger partial charge in [0.1, 0.15) is 0 Å². The molecule has 0 unspecified atom stereocenters. The number of benzene rings is 2. The topological polar surface area (TPSA) is 49.4 Å².